The summed E-state index contributed by atoms with van der Waals surface area (Å²) in [6, 6.07) is 12.7. The van der Waals surface area contributed by atoms with Crippen LogP contribution in [0.2, 0.25) is 0 Å². The van der Waals surface area contributed by atoms with E-state index in [0.29, 0.717) is 6.42 Å². The SMILES string of the molecule is C[C@@H]1C(=O)C(C#N)C[C@]2(Cc3ccccc3)c3c(cnn3C)CC[C@@H]12. The van der Waals surface area contributed by atoms with E-state index in [2.05, 4.69) is 35.4 Å². The van der Waals surface area contributed by atoms with Gasteiger partial charge < -0.3 is 0 Å². The van der Waals surface area contributed by atoms with E-state index >= 15 is 0 Å². The van der Waals surface area contributed by atoms with Gasteiger partial charge in [-0.05, 0) is 42.7 Å². The van der Waals surface area contributed by atoms with E-state index in [-0.39, 0.29) is 23.0 Å². The summed E-state index contributed by atoms with van der Waals surface area (Å²) in [6.07, 6.45) is 5.41. The Kier molecular flexibility index (Phi) is 3.76. The van der Waals surface area contributed by atoms with Crippen LogP contribution < -0.4 is 0 Å². The van der Waals surface area contributed by atoms with Crippen molar-refractivity contribution in [3.63, 3.8) is 0 Å². The first-order valence-corrected chi connectivity index (χ1v) is 9.05. The van der Waals surface area contributed by atoms with Crippen LogP contribution >= 0.6 is 0 Å². The summed E-state index contributed by atoms with van der Waals surface area (Å²) < 4.78 is 1.99. The highest BCUT2D eigenvalue weighted by atomic mass is 16.1. The maximum Gasteiger partial charge on any atom is 0.153 e. The van der Waals surface area contributed by atoms with E-state index in [9.17, 15) is 10.1 Å². The Morgan fingerprint density at radius 1 is 1.36 bits per heavy atom. The van der Waals surface area contributed by atoms with E-state index in [0.717, 1.165) is 19.3 Å². The fourth-order valence-corrected chi connectivity index (χ4v) is 5.38. The predicted molar refractivity (Wildman–Crippen MR) is 94.7 cm³/mol. The van der Waals surface area contributed by atoms with E-state index in [4.69, 9.17) is 0 Å². The number of aryl methyl sites for hydroxylation is 2. The van der Waals surface area contributed by atoms with Gasteiger partial charge in [-0.3, -0.25) is 9.48 Å². The Hall–Kier alpha value is -2.41. The van der Waals surface area contributed by atoms with Gasteiger partial charge in [0, 0.05) is 24.1 Å². The molecule has 1 saturated carbocycles. The largest absolute Gasteiger partial charge is 0.298 e. The van der Waals surface area contributed by atoms with Crippen molar-refractivity contribution in [2.75, 3.05) is 0 Å². The molecule has 2 aliphatic rings. The third kappa shape index (κ3) is 2.33. The highest BCUT2D eigenvalue weighted by Crippen LogP contribution is 2.54. The molecule has 1 aromatic heterocycles. The summed E-state index contributed by atoms with van der Waals surface area (Å²) >= 11 is 0. The number of hydrogen-bond donors (Lipinski definition) is 0. The van der Waals surface area contributed by atoms with Crippen molar-refractivity contribution in [1.29, 1.82) is 5.26 Å². The van der Waals surface area contributed by atoms with Gasteiger partial charge >= 0.3 is 0 Å². The molecule has 1 unspecified atom stereocenters. The Labute approximate surface area is 148 Å². The van der Waals surface area contributed by atoms with Crippen molar-refractivity contribution in [2.45, 2.75) is 38.0 Å². The van der Waals surface area contributed by atoms with Crippen LogP contribution in [0.25, 0.3) is 0 Å². The molecule has 4 nitrogen and oxygen atoms in total. The number of benzene rings is 1. The fourth-order valence-electron chi connectivity index (χ4n) is 5.38. The Morgan fingerprint density at radius 2 is 2.12 bits per heavy atom. The van der Waals surface area contributed by atoms with Gasteiger partial charge in [-0.1, -0.05) is 37.3 Å². The lowest BCUT2D eigenvalue weighted by atomic mass is 9.51. The van der Waals surface area contributed by atoms with Crippen molar-refractivity contribution < 1.29 is 4.79 Å². The van der Waals surface area contributed by atoms with Crippen LogP contribution in [0.4, 0.5) is 0 Å². The van der Waals surface area contributed by atoms with Gasteiger partial charge in [-0.2, -0.15) is 10.4 Å². The number of rotatable bonds is 2. The molecule has 128 valence electrons. The molecule has 0 aliphatic heterocycles. The molecule has 0 spiro atoms. The van der Waals surface area contributed by atoms with Gasteiger partial charge in [-0.25, -0.2) is 0 Å². The van der Waals surface area contributed by atoms with Gasteiger partial charge in [0.1, 0.15) is 5.92 Å². The third-order valence-corrected chi connectivity index (χ3v) is 6.40. The molecular weight excluding hydrogens is 310 g/mol. The summed E-state index contributed by atoms with van der Waals surface area (Å²) in [5.74, 6) is -0.199. The lowest BCUT2D eigenvalue weighted by molar-refractivity contribution is -0.132. The summed E-state index contributed by atoms with van der Waals surface area (Å²) in [7, 11) is 2.00. The average molecular weight is 333 g/mol. The number of nitrogens with zero attached hydrogens (tertiary/aromatic N) is 3. The summed E-state index contributed by atoms with van der Waals surface area (Å²) in [6.45, 7) is 2.03. The first-order chi connectivity index (χ1) is 12.1. The molecule has 1 aromatic carbocycles. The summed E-state index contributed by atoms with van der Waals surface area (Å²) in [5.41, 5.74) is 3.60. The fraction of sp³-hybridized carbons (Fsp3) is 0.476. The first-order valence-electron chi connectivity index (χ1n) is 9.05. The van der Waals surface area contributed by atoms with Crippen LogP contribution in [0.3, 0.4) is 0 Å². The molecule has 0 saturated heterocycles. The van der Waals surface area contributed by atoms with E-state index in [1.807, 2.05) is 30.9 Å². The van der Waals surface area contributed by atoms with Crippen LogP contribution in [0, 0.1) is 29.1 Å². The Morgan fingerprint density at radius 3 is 2.84 bits per heavy atom. The number of ketones is 1. The van der Waals surface area contributed by atoms with Crippen molar-refractivity contribution in [3.8, 4) is 6.07 Å². The minimum Gasteiger partial charge on any atom is -0.298 e. The number of aromatic nitrogens is 2. The van der Waals surface area contributed by atoms with E-state index in [1.165, 1.54) is 16.8 Å². The van der Waals surface area contributed by atoms with Crippen molar-refractivity contribution in [2.24, 2.45) is 24.8 Å². The predicted octanol–water partition coefficient (Wildman–Crippen LogP) is 3.21. The second-order valence-electron chi connectivity index (χ2n) is 7.68. The molecule has 4 rings (SSSR count). The second kappa shape index (κ2) is 5.84. The van der Waals surface area contributed by atoms with Gasteiger partial charge in [0.2, 0.25) is 0 Å². The molecule has 0 amide bonds. The van der Waals surface area contributed by atoms with Crippen LogP contribution in [-0.4, -0.2) is 15.6 Å². The Bertz CT molecular complexity index is 848. The number of carbonyl (C=O) groups excluding carboxylic acids is 1. The first kappa shape index (κ1) is 16.1. The molecule has 1 fully saturated rings. The van der Waals surface area contributed by atoms with E-state index < -0.39 is 5.92 Å². The molecule has 4 atom stereocenters. The molecule has 0 N–H and O–H groups in total. The molecule has 1 heterocycles. The highest BCUT2D eigenvalue weighted by molar-refractivity contribution is 5.87. The lowest BCUT2D eigenvalue weighted by Gasteiger charge is -2.51. The number of hydrogen-bond acceptors (Lipinski definition) is 3. The topological polar surface area (TPSA) is 58.7 Å². The molecule has 0 radical (unpaired) electrons. The molecule has 25 heavy (non-hydrogen) atoms. The average Bonchev–Trinajstić information content (AvgIpc) is 3.01. The minimum atomic E-state index is -0.518. The zero-order valence-corrected chi connectivity index (χ0v) is 14.8. The van der Waals surface area contributed by atoms with Gasteiger partial charge in [0.05, 0.1) is 12.3 Å². The molecular formula is C21H23N3O. The summed E-state index contributed by atoms with van der Waals surface area (Å²) in [5, 5.41) is 14.1. The third-order valence-electron chi connectivity index (χ3n) is 6.40. The second-order valence-corrected chi connectivity index (χ2v) is 7.68. The number of carbonyl (C=O) groups is 1. The minimum absolute atomic E-state index is 0.0786. The molecule has 2 aromatic rings. The maximum atomic E-state index is 12.7. The van der Waals surface area contributed by atoms with Crippen LogP contribution in [0.1, 0.15) is 36.6 Å². The van der Waals surface area contributed by atoms with Crippen molar-refractivity contribution in [1.82, 2.24) is 9.78 Å². The molecule has 0 bridgehead atoms. The smallest absolute Gasteiger partial charge is 0.153 e. The number of nitriles is 1. The maximum absolute atomic E-state index is 12.7. The zero-order valence-electron chi connectivity index (χ0n) is 14.8. The summed E-state index contributed by atoms with van der Waals surface area (Å²) in [4.78, 5) is 12.7. The van der Waals surface area contributed by atoms with Crippen LogP contribution in [0.5, 0.6) is 0 Å². The Balaban J connectivity index is 1.90. The van der Waals surface area contributed by atoms with Crippen LogP contribution in [-0.2, 0) is 30.1 Å². The molecule has 2 aliphatic carbocycles. The quantitative estimate of drug-likeness (QED) is 0.848. The highest BCUT2D eigenvalue weighted by Gasteiger charge is 2.55. The standard InChI is InChI=1S/C21H23N3O/c1-14-18-9-8-16-13-23-24(2)20(16)21(18,11-17(12-22)19(14)25)10-15-6-4-3-5-7-15/h3-7,13-14,17-18H,8-11H2,1-2H3/t14-,17?,18-,21-/m0/s1. The van der Waals surface area contributed by atoms with Gasteiger partial charge in [0.25, 0.3) is 0 Å². The van der Waals surface area contributed by atoms with Crippen LogP contribution in [0.15, 0.2) is 36.5 Å². The molecule has 4 heteroatoms. The van der Waals surface area contributed by atoms with Gasteiger partial charge in [-0.15, -0.1) is 0 Å². The number of Topliss-reactive ketones (excluding diaryl/α,β-unsaturated/α-hetero) is 1. The van der Waals surface area contributed by atoms with Crippen molar-refractivity contribution in [3.05, 3.63) is 53.3 Å². The monoisotopic (exact) mass is 333 g/mol. The zero-order chi connectivity index (χ0) is 17.6. The number of fused-ring (bicyclic) bond motifs is 3. The lowest BCUT2D eigenvalue weighted by Crippen LogP contribution is -2.53. The van der Waals surface area contributed by atoms with E-state index in [1.54, 1.807) is 0 Å². The normalized spacial score (nSPS) is 31.1. The van der Waals surface area contributed by atoms with Gasteiger partial charge in [0.15, 0.2) is 5.78 Å². The van der Waals surface area contributed by atoms with Crippen molar-refractivity contribution >= 4 is 5.78 Å².